The van der Waals surface area contributed by atoms with Gasteiger partial charge in [-0.3, -0.25) is 9.69 Å². The number of hydrazine groups is 1. The SMILES string of the molecule is CNC(=O)C1CCCCN1Cc1ccnc(NN)c1. The van der Waals surface area contributed by atoms with Crippen molar-refractivity contribution in [1.82, 2.24) is 15.2 Å². The van der Waals surface area contributed by atoms with Crippen molar-refractivity contribution in [2.45, 2.75) is 31.8 Å². The fraction of sp³-hybridized carbons (Fsp3) is 0.538. The van der Waals surface area contributed by atoms with Gasteiger partial charge in [-0.05, 0) is 37.1 Å². The minimum atomic E-state index is -0.0267. The monoisotopic (exact) mass is 263 g/mol. The highest BCUT2D eigenvalue weighted by Crippen LogP contribution is 2.20. The Balaban J connectivity index is 2.08. The van der Waals surface area contributed by atoms with Gasteiger partial charge in [0.25, 0.3) is 0 Å². The zero-order chi connectivity index (χ0) is 13.7. The highest BCUT2D eigenvalue weighted by Gasteiger charge is 2.27. The van der Waals surface area contributed by atoms with Gasteiger partial charge in [-0.1, -0.05) is 6.42 Å². The molecule has 2 rings (SSSR count). The zero-order valence-electron chi connectivity index (χ0n) is 11.2. The van der Waals surface area contributed by atoms with E-state index in [1.165, 1.54) is 0 Å². The molecule has 1 fully saturated rings. The van der Waals surface area contributed by atoms with E-state index in [-0.39, 0.29) is 11.9 Å². The van der Waals surface area contributed by atoms with Crippen LogP contribution in [0.1, 0.15) is 24.8 Å². The van der Waals surface area contributed by atoms with Crippen LogP contribution in [-0.4, -0.2) is 35.4 Å². The minimum absolute atomic E-state index is 0.0267. The van der Waals surface area contributed by atoms with E-state index in [2.05, 4.69) is 20.6 Å². The molecule has 1 amide bonds. The van der Waals surface area contributed by atoms with E-state index in [1.54, 1.807) is 13.2 Å². The van der Waals surface area contributed by atoms with Gasteiger partial charge in [-0.15, -0.1) is 0 Å². The molecule has 6 nitrogen and oxygen atoms in total. The average Bonchev–Trinajstić information content (AvgIpc) is 2.47. The van der Waals surface area contributed by atoms with Crippen molar-refractivity contribution in [3.8, 4) is 0 Å². The first-order valence-corrected chi connectivity index (χ1v) is 6.62. The van der Waals surface area contributed by atoms with Gasteiger partial charge < -0.3 is 10.7 Å². The van der Waals surface area contributed by atoms with E-state index in [9.17, 15) is 4.79 Å². The highest BCUT2D eigenvalue weighted by atomic mass is 16.2. The maximum atomic E-state index is 11.9. The zero-order valence-corrected chi connectivity index (χ0v) is 11.2. The van der Waals surface area contributed by atoms with Gasteiger partial charge in [0.1, 0.15) is 5.82 Å². The summed E-state index contributed by atoms with van der Waals surface area (Å²) >= 11 is 0. The largest absolute Gasteiger partial charge is 0.358 e. The quantitative estimate of drug-likeness (QED) is 0.543. The number of likely N-dealkylation sites (tertiary alicyclic amines) is 1. The lowest BCUT2D eigenvalue weighted by molar-refractivity contribution is -0.127. The molecule has 1 aromatic rings. The molecule has 1 aliphatic rings. The van der Waals surface area contributed by atoms with Crippen LogP contribution in [0, 0.1) is 0 Å². The number of rotatable bonds is 4. The molecule has 0 radical (unpaired) electrons. The number of pyridine rings is 1. The summed E-state index contributed by atoms with van der Waals surface area (Å²) in [6, 6.07) is 3.84. The Morgan fingerprint density at radius 2 is 2.42 bits per heavy atom. The summed E-state index contributed by atoms with van der Waals surface area (Å²) in [5.74, 6) is 6.11. The molecule has 0 spiro atoms. The van der Waals surface area contributed by atoms with E-state index in [0.717, 1.165) is 37.9 Å². The smallest absolute Gasteiger partial charge is 0.237 e. The number of carbonyl (C=O) groups is 1. The molecule has 2 heterocycles. The van der Waals surface area contributed by atoms with Crippen LogP contribution in [-0.2, 0) is 11.3 Å². The molecule has 1 aliphatic heterocycles. The second kappa shape index (κ2) is 6.49. The molecule has 6 heteroatoms. The number of piperidine rings is 1. The maximum absolute atomic E-state index is 11.9. The van der Waals surface area contributed by atoms with Gasteiger partial charge in [0.15, 0.2) is 0 Å². The number of hydrogen-bond acceptors (Lipinski definition) is 5. The Labute approximate surface area is 113 Å². The van der Waals surface area contributed by atoms with Crippen LogP contribution < -0.4 is 16.6 Å². The third-order valence-electron chi connectivity index (χ3n) is 3.52. The first kappa shape index (κ1) is 13.8. The Hall–Kier alpha value is -1.66. The number of likely N-dealkylation sites (N-methyl/N-ethyl adjacent to an activating group) is 1. The first-order valence-electron chi connectivity index (χ1n) is 6.62. The molecule has 0 saturated carbocycles. The molecule has 104 valence electrons. The van der Waals surface area contributed by atoms with Crippen molar-refractivity contribution >= 4 is 11.7 Å². The summed E-state index contributed by atoms with van der Waals surface area (Å²) in [6.45, 7) is 1.70. The Morgan fingerprint density at radius 3 is 3.16 bits per heavy atom. The van der Waals surface area contributed by atoms with Gasteiger partial charge >= 0.3 is 0 Å². The van der Waals surface area contributed by atoms with E-state index in [1.807, 2.05) is 12.1 Å². The fourth-order valence-corrected chi connectivity index (χ4v) is 2.53. The van der Waals surface area contributed by atoms with Crippen LogP contribution >= 0.6 is 0 Å². The van der Waals surface area contributed by atoms with E-state index >= 15 is 0 Å². The van der Waals surface area contributed by atoms with Crippen LogP contribution in [0.2, 0.25) is 0 Å². The molecule has 1 atom stereocenters. The van der Waals surface area contributed by atoms with Crippen LogP contribution in [0.15, 0.2) is 18.3 Å². The molecule has 1 saturated heterocycles. The average molecular weight is 263 g/mol. The normalized spacial score (nSPS) is 20.0. The van der Waals surface area contributed by atoms with Crippen molar-refractivity contribution < 1.29 is 4.79 Å². The highest BCUT2D eigenvalue weighted by molar-refractivity contribution is 5.81. The third-order valence-corrected chi connectivity index (χ3v) is 3.52. The lowest BCUT2D eigenvalue weighted by atomic mass is 10.0. The Kier molecular flexibility index (Phi) is 4.70. The van der Waals surface area contributed by atoms with E-state index in [4.69, 9.17) is 5.84 Å². The van der Waals surface area contributed by atoms with E-state index < -0.39 is 0 Å². The van der Waals surface area contributed by atoms with Crippen molar-refractivity contribution in [1.29, 1.82) is 0 Å². The molecule has 19 heavy (non-hydrogen) atoms. The van der Waals surface area contributed by atoms with Gasteiger partial charge in [-0.25, -0.2) is 10.8 Å². The summed E-state index contributed by atoms with van der Waals surface area (Å²) in [6.07, 6.45) is 4.90. The number of nitrogens with zero attached hydrogens (tertiary/aromatic N) is 2. The second-order valence-corrected chi connectivity index (χ2v) is 4.79. The van der Waals surface area contributed by atoms with Gasteiger partial charge in [-0.2, -0.15) is 0 Å². The lowest BCUT2D eigenvalue weighted by Gasteiger charge is -2.34. The number of nitrogens with two attached hydrogens (primary N) is 1. The van der Waals surface area contributed by atoms with Gasteiger partial charge in [0, 0.05) is 19.8 Å². The summed E-state index contributed by atoms with van der Waals surface area (Å²) in [5.41, 5.74) is 3.65. The van der Waals surface area contributed by atoms with Crippen LogP contribution in [0.25, 0.3) is 0 Å². The molecule has 0 aromatic carbocycles. The number of anilines is 1. The molecule has 0 aliphatic carbocycles. The summed E-state index contributed by atoms with van der Waals surface area (Å²) in [4.78, 5) is 18.2. The predicted octanol–water partition coefficient (Wildman–Crippen LogP) is 0.468. The van der Waals surface area contributed by atoms with E-state index in [0.29, 0.717) is 5.82 Å². The lowest BCUT2D eigenvalue weighted by Crippen LogP contribution is -2.48. The number of hydrogen-bond donors (Lipinski definition) is 3. The molecular formula is C13H21N5O. The van der Waals surface area contributed by atoms with Crippen molar-refractivity contribution in [3.63, 3.8) is 0 Å². The summed E-state index contributed by atoms with van der Waals surface area (Å²) < 4.78 is 0. The van der Waals surface area contributed by atoms with Crippen molar-refractivity contribution in [3.05, 3.63) is 23.9 Å². The second-order valence-electron chi connectivity index (χ2n) is 4.79. The maximum Gasteiger partial charge on any atom is 0.237 e. The van der Waals surface area contributed by atoms with Crippen LogP contribution in [0.4, 0.5) is 5.82 Å². The number of nitrogen functional groups attached to an aromatic ring is 1. The summed E-state index contributed by atoms with van der Waals surface area (Å²) in [5, 5.41) is 2.75. The van der Waals surface area contributed by atoms with Crippen molar-refractivity contribution in [2.24, 2.45) is 5.84 Å². The molecule has 4 N–H and O–H groups in total. The fourth-order valence-electron chi connectivity index (χ4n) is 2.53. The van der Waals surface area contributed by atoms with Crippen LogP contribution in [0.5, 0.6) is 0 Å². The molecule has 1 aromatic heterocycles. The Morgan fingerprint density at radius 1 is 1.58 bits per heavy atom. The number of aromatic nitrogens is 1. The molecular weight excluding hydrogens is 242 g/mol. The standard InChI is InChI=1S/C13H21N5O/c1-15-13(19)11-4-2-3-7-18(11)9-10-5-6-16-12(8-10)17-14/h5-6,8,11H,2-4,7,9,14H2,1H3,(H,15,19)(H,16,17). The predicted molar refractivity (Wildman–Crippen MR) is 74.2 cm³/mol. The van der Waals surface area contributed by atoms with Crippen molar-refractivity contribution in [2.75, 3.05) is 19.0 Å². The topological polar surface area (TPSA) is 83.3 Å². The molecule has 1 unspecified atom stereocenters. The minimum Gasteiger partial charge on any atom is -0.358 e. The number of amides is 1. The number of carbonyl (C=O) groups excluding carboxylic acids is 1. The third kappa shape index (κ3) is 3.42. The Bertz CT molecular complexity index is 437. The van der Waals surface area contributed by atoms with Crippen LogP contribution in [0.3, 0.4) is 0 Å². The first-order chi connectivity index (χ1) is 9.24. The van der Waals surface area contributed by atoms with Gasteiger partial charge in [0.05, 0.1) is 6.04 Å². The molecule has 0 bridgehead atoms. The number of nitrogens with one attached hydrogen (secondary N) is 2. The van der Waals surface area contributed by atoms with Gasteiger partial charge in [0.2, 0.25) is 5.91 Å². The summed E-state index contributed by atoms with van der Waals surface area (Å²) in [7, 11) is 1.69.